The second-order valence-corrected chi connectivity index (χ2v) is 8.29. The van der Waals surface area contributed by atoms with Crippen molar-refractivity contribution in [3.63, 3.8) is 0 Å². The molecule has 3 rings (SSSR count). The summed E-state index contributed by atoms with van der Waals surface area (Å²) in [7, 11) is -3.77. The lowest BCUT2D eigenvalue weighted by molar-refractivity contribution is 0.103. The van der Waals surface area contributed by atoms with E-state index in [1.165, 1.54) is 35.6 Å². The maximum atomic E-state index is 12.5. The monoisotopic (exact) mass is 403 g/mol. The first-order chi connectivity index (χ1) is 12.8. The number of primary sulfonamides is 1. The lowest BCUT2D eigenvalue weighted by atomic mass is 10.3. The van der Waals surface area contributed by atoms with Gasteiger partial charge in [-0.15, -0.1) is 11.3 Å². The van der Waals surface area contributed by atoms with Crippen LogP contribution in [0.15, 0.2) is 59.5 Å². The van der Waals surface area contributed by atoms with Crippen LogP contribution in [0, 0.1) is 6.92 Å². The molecule has 9 heteroatoms. The largest absolute Gasteiger partial charge is 0.486 e. The van der Waals surface area contributed by atoms with Crippen molar-refractivity contribution >= 4 is 33.0 Å². The molecule has 0 saturated carbocycles. The highest BCUT2D eigenvalue weighted by atomic mass is 32.2. The lowest BCUT2D eigenvalue weighted by Gasteiger charge is -2.05. The maximum Gasteiger partial charge on any atom is 0.267 e. The number of benzene rings is 2. The minimum Gasteiger partial charge on any atom is -0.486 e. The van der Waals surface area contributed by atoms with Crippen LogP contribution in [0.5, 0.6) is 5.75 Å². The van der Waals surface area contributed by atoms with E-state index in [1.54, 1.807) is 6.92 Å². The minimum atomic E-state index is -3.77. The predicted molar refractivity (Wildman–Crippen MR) is 103 cm³/mol. The number of thiazole rings is 1. The van der Waals surface area contributed by atoms with E-state index in [4.69, 9.17) is 9.88 Å². The molecule has 0 spiro atoms. The number of ether oxygens (including phenoxy) is 1. The summed E-state index contributed by atoms with van der Waals surface area (Å²) in [6.07, 6.45) is 0. The van der Waals surface area contributed by atoms with Gasteiger partial charge in [0.2, 0.25) is 10.0 Å². The van der Waals surface area contributed by atoms with Gasteiger partial charge in [-0.05, 0) is 43.3 Å². The van der Waals surface area contributed by atoms with Gasteiger partial charge in [-0.25, -0.2) is 18.5 Å². The van der Waals surface area contributed by atoms with Gasteiger partial charge < -0.3 is 10.1 Å². The first-order valence-electron chi connectivity index (χ1n) is 7.91. The van der Waals surface area contributed by atoms with Crippen molar-refractivity contribution in [1.29, 1.82) is 0 Å². The quantitative estimate of drug-likeness (QED) is 0.657. The van der Waals surface area contributed by atoms with Crippen molar-refractivity contribution in [3.05, 3.63) is 70.2 Å². The van der Waals surface area contributed by atoms with Crippen LogP contribution in [-0.4, -0.2) is 19.3 Å². The third-order valence-corrected chi connectivity index (χ3v) is 5.65. The fraction of sp³-hybridized carbons (Fsp3) is 0.111. The Morgan fingerprint density at radius 1 is 1.15 bits per heavy atom. The Morgan fingerprint density at radius 2 is 1.81 bits per heavy atom. The molecule has 3 aromatic rings. The van der Waals surface area contributed by atoms with Gasteiger partial charge >= 0.3 is 0 Å². The second kappa shape index (κ2) is 7.87. The van der Waals surface area contributed by atoms with Crippen molar-refractivity contribution in [3.8, 4) is 5.75 Å². The van der Waals surface area contributed by atoms with Crippen molar-refractivity contribution in [2.45, 2.75) is 18.4 Å². The van der Waals surface area contributed by atoms with Crippen molar-refractivity contribution in [2.24, 2.45) is 5.14 Å². The van der Waals surface area contributed by atoms with Gasteiger partial charge in [0.25, 0.3) is 5.91 Å². The van der Waals surface area contributed by atoms with E-state index in [0.717, 1.165) is 5.75 Å². The third kappa shape index (κ3) is 4.91. The van der Waals surface area contributed by atoms with Crippen LogP contribution in [-0.2, 0) is 16.6 Å². The number of rotatable bonds is 6. The Bertz CT molecular complexity index is 1050. The SMILES string of the molecule is Cc1nc(COc2ccccc2)sc1C(=O)Nc1ccc(S(N)(=O)=O)cc1. The normalized spacial score (nSPS) is 11.2. The standard InChI is InChI=1S/C18H17N3O4S2/c1-12-17(26-16(20-12)11-25-14-5-3-2-4-6-14)18(22)21-13-7-9-15(10-8-13)27(19,23)24/h2-10H,11H2,1H3,(H,21,22)(H2,19,23,24). The van der Waals surface area contributed by atoms with E-state index in [-0.39, 0.29) is 17.4 Å². The summed E-state index contributed by atoms with van der Waals surface area (Å²) in [6, 6.07) is 15.0. The first-order valence-corrected chi connectivity index (χ1v) is 10.3. The molecule has 0 aliphatic heterocycles. The molecule has 3 N–H and O–H groups in total. The topological polar surface area (TPSA) is 111 Å². The Kier molecular flexibility index (Phi) is 5.54. The Labute approximate surface area is 160 Å². The van der Waals surface area contributed by atoms with Gasteiger partial charge in [0.15, 0.2) is 0 Å². The smallest absolute Gasteiger partial charge is 0.267 e. The third-order valence-electron chi connectivity index (χ3n) is 3.59. The van der Waals surface area contributed by atoms with E-state index in [0.29, 0.717) is 21.3 Å². The summed E-state index contributed by atoms with van der Waals surface area (Å²) < 4.78 is 28.2. The summed E-state index contributed by atoms with van der Waals surface area (Å²) in [4.78, 5) is 17.3. The fourth-order valence-corrected chi connectivity index (χ4v) is 3.69. The molecule has 7 nitrogen and oxygen atoms in total. The van der Waals surface area contributed by atoms with E-state index in [2.05, 4.69) is 10.3 Å². The van der Waals surface area contributed by atoms with Gasteiger partial charge in [0.05, 0.1) is 10.6 Å². The summed E-state index contributed by atoms with van der Waals surface area (Å²) in [6.45, 7) is 2.02. The summed E-state index contributed by atoms with van der Waals surface area (Å²) in [5, 5.41) is 8.46. The number of nitrogens with one attached hydrogen (secondary N) is 1. The van der Waals surface area contributed by atoms with Crippen molar-refractivity contribution in [1.82, 2.24) is 4.98 Å². The van der Waals surface area contributed by atoms with Crippen molar-refractivity contribution in [2.75, 3.05) is 5.32 Å². The average Bonchev–Trinajstić information content (AvgIpc) is 3.01. The van der Waals surface area contributed by atoms with E-state index in [1.807, 2.05) is 30.3 Å². The molecule has 0 fully saturated rings. The second-order valence-electron chi connectivity index (χ2n) is 5.65. The molecule has 1 aromatic heterocycles. The van der Waals surface area contributed by atoms with Crippen LogP contribution < -0.4 is 15.2 Å². The zero-order valence-corrected chi connectivity index (χ0v) is 16.0. The predicted octanol–water partition coefficient (Wildman–Crippen LogP) is 2.93. The van der Waals surface area contributed by atoms with Crippen molar-refractivity contribution < 1.29 is 17.9 Å². The van der Waals surface area contributed by atoms with Gasteiger partial charge in [-0.3, -0.25) is 4.79 Å². The minimum absolute atomic E-state index is 0.0187. The zero-order chi connectivity index (χ0) is 19.4. The highest BCUT2D eigenvalue weighted by Gasteiger charge is 2.16. The molecule has 0 bridgehead atoms. The molecule has 0 aliphatic carbocycles. The molecule has 1 heterocycles. The van der Waals surface area contributed by atoms with Crippen LogP contribution in [0.2, 0.25) is 0 Å². The number of carbonyl (C=O) groups excluding carboxylic acids is 1. The number of hydrogen-bond donors (Lipinski definition) is 2. The molecule has 140 valence electrons. The molecule has 2 aromatic carbocycles. The van der Waals surface area contributed by atoms with Crippen LogP contribution in [0.25, 0.3) is 0 Å². The summed E-state index contributed by atoms with van der Waals surface area (Å²) in [5.41, 5.74) is 1.06. The fourth-order valence-electron chi connectivity index (χ4n) is 2.30. The lowest BCUT2D eigenvalue weighted by Crippen LogP contribution is -2.13. The molecular weight excluding hydrogens is 386 g/mol. The number of aromatic nitrogens is 1. The number of amides is 1. The first kappa shape index (κ1) is 19.0. The van der Waals surface area contributed by atoms with Crippen LogP contribution in [0.1, 0.15) is 20.4 Å². The molecule has 0 aliphatic rings. The van der Waals surface area contributed by atoms with E-state index < -0.39 is 10.0 Å². The highest BCUT2D eigenvalue weighted by molar-refractivity contribution is 7.89. The Hall–Kier alpha value is -2.75. The van der Waals surface area contributed by atoms with Crippen LogP contribution in [0.3, 0.4) is 0 Å². The average molecular weight is 403 g/mol. The number of anilines is 1. The molecule has 27 heavy (non-hydrogen) atoms. The number of sulfonamides is 1. The maximum absolute atomic E-state index is 12.5. The summed E-state index contributed by atoms with van der Waals surface area (Å²) >= 11 is 1.25. The molecule has 0 unspecified atom stereocenters. The van der Waals surface area contributed by atoms with Gasteiger partial charge in [0.1, 0.15) is 22.2 Å². The van der Waals surface area contributed by atoms with Gasteiger partial charge in [-0.1, -0.05) is 18.2 Å². The Morgan fingerprint density at radius 3 is 2.44 bits per heavy atom. The number of para-hydroxylation sites is 1. The number of nitrogens with zero attached hydrogens (tertiary/aromatic N) is 1. The van der Waals surface area contributed by atoms with Crippen LogP contribution >= 0.6 is 11.3 Å². The van der Waals surface area contributed by atoms with Gasteiger partial charge in [0, 0.05) is 5.69 Å². The zero-order valence-electron chi connectivity index (χ0n) is 14.4. The molecule has 0 saturated heterocycles. The number of carbonyl (C=O) groups is 1. The van der Waals surface area contributed by atoms with Gasteiger partial charge in [-0.2, -0.15) is 0 Å². The highest BCUT2D eigenvalue weighted by Crippen LogP contribution is 2.22. The Balaban J connectivity index is 1.67. The number of hydrogen-bond acceptors (Lipinski definition) is 6. The number of aryl methyl sites for hydroxylation is 1. The molecule has 1 amide bonds. The molecule has 0 radical (unpaired) electrons. The van der Waals surface area contributed by atoms with E-state index >= 15 is 0 Å². The summed E-state index contributed by atoms with van der Waals surface area (Å²) in [5.74, 6) is 0.408. The molecule has 0 atom stereocenters. The molecular formula is C18H17N3O4S2. The van der Waals surface area contributed by atoms with E-state index in [9.17, 15) is 13.2 Å². The number of nitrogens with two attached hydrogens (primary N) is 1. The van der Waals surface area contributed by atoms with Crippen LogP contribution in [0.4, 0.5) is 5.69 Å².